The lowest BCUT2D eigenvalue weighted by atomic mass is 10.1. The number of carbonyl (C=O) groups excluding carboxylic acids is 1. The first-order chi connectivity index (χ1) is 5.74. The summed E-state index contributed by atoms with van der Waals surface area (Å²) < 4.78 is 0. The van der Waals surface area contributed by atoms with Crippen LogP contribution in [0, 0.1) is 12.3 Å². The van der Waals surface area contributed by atoms with Crippen LogP contribution in [0.2, 0.25) is 0 Å². The molecule has 0 radical (unpaired) electrons. The van der Waals surface area contributed by atoms with E-state index in [0.717, 1.165) is 11.1 Å². The molecule has 0 atom stereocenters. The van der Waals surface area contributed by atoms with Crippen LogP contribution in [0.3, 0.4) is 0 Å². The molecule has 1 amide bonds. The Morgan fingerprint density at radius 3 is 2.92 bits per heavy atom. The number of aryl methyl sites for hydroxylation is 1. The molecular weight excluding hydrogens is 152 g/mol. The first-order valence-corrected chi connectivity index (χ1v) is 3.60. The maximum atomic E-state index is 10.0. The van der Waals surface area contributed by atoms with Crippen molar-refractivity contribution >= 4 is 12.2 Å². The summed E-state index contributed by atoms with van der Waals surface area (Å²) in [7, 11) is 0. The zero-order chi connectivity index (χ0) is 8.97. The number of hydrogen-bond donors (Lipinski definition) is 2. The highest BCUT2D eigenvalue weighted by Gasteiger charge is 1.98. The molecular formula is C9H10N2O. The fourth-order valence-electron chi connectivity index (χ4n) is 0.943. The molecule has 12 heavy (non-hydrogen) atoms. The fourth-order valence-corrected chi connectivity index (χ4v) is 0.943. The van der Waals surface area contributed by atoms with E-state index in [0.29, 0.717) is 6.41 Å². The highest BCUT2D eigenvalue weighted by atomic mass is 16.1. The third-order valence-electron chi connectivity index (χ3n) is 1.51. The Bertz CT molecular complexity index is 307. The molecule has 0 fully saturated rings. The highest BCUT2D eigenvalue weighted by Crippen LogP contribution is 2.02. The van der Waals surface area contributed by atoms with Gasteiger partial charge in [-0.3, -0.25) is 10.2 Å². The lowest BCUT2D eigenvalue weighted by molar-refractivity contribution is -0.108. The van der Waals surface area contributed by atoms with E-state index in [9.17, 15) is 4.79 Å². The smallest absolute Gasteiger partial charge is 0.212 e. The summed E-state index contributed by atoms with van der Waals surface area (Å²) in [4.78, 5) is 10.0. The Balaban J connectivity index is 2.87. The van der Waals surface area contributed by atoms with Crippen LogP contribution in [0.5, 0.6) is 0 Å². The SMILES string of the molecule is Cc1cccc(C(=N)NC=O)c1. The molecule has 0 unspecified atom stereocenters. The van der Waals surface area contributed by atoms with Gasteiger partial charge in [0.1, 0.15) is 5.84 Å². The molecule has 0 saturated carbocycles. The van der Waals surface area contributed by atoms with Crippen molar-refractivity contribution in [3.8, 4) is 0 Å². The minimum absolute atomic E-state index is 0.133. The normalized spacial score (nSPS) is 9.08. The van der Waals surface area contributed by atoms with E-state index in [1.165, 1.54) is 0 Å². The Hall–Kier alpha value is -1.64. The summed E-state index contributed by atoms with van der Waals surface area (Å²) in [6.45, 7) is 1.94. The number of nitrogens with one attached hydrogen (secondary N) is 2. The molecule has 0 aromatic heterocycles. The van der Waals surface area contributed by atoms with E-state index < -0.39 is 0 Å². The van der Waals surface area contributed by atoms with E-state index in [1.807, 2.05) is 25.1 Å². The van der Waals surface area contributed by atoms with E-state index in [2.05, 4.69) is 5.32 Å². The van der Waals surface area contributed by atoms with Crippen molar-refractivity contribution in [1.29, 1.82) is 5.41 Å². The van der Waals surface area contributed by atoms with Crippen LogP contribution in [0.1, 0.15) is 11.1 Å². The molecule has 2 N–H and O–H groups in total. The third kappa shape index (κ3) is 1.92. The van der Waals surface area contributed by atoms with Gasteiger partial charge < -0.3 is 5.32 Å². The second kappa shape index (κ2) is 3.67. The van der Waals surface area contributed by atoms with Crippen LogP contribution < -0.4 is 5.32 Å². The van der Waals surface area contributed by atoms with Crippen molar-refractivity contribution < 1.29 is 4.79 Å². The summed E-state index contributed by atoms with van der Waals surface area (Å²) in [6, 6.07) is 7.42. The van der Waals surface area contributed by atoms with Crippen molar-refractivity contribution in [2.75, 3.05) is 0 Å². The Kier molecular flexibility index (Phi) is 2.58. The third-order valence-corrected chi connectivity index (χ3v) is 1.51. The average Bonchev–Trinajstić information content (AvgIpc) is 2.05. The van der Waals surface area contributed by atoms with Gasteiger partial charge in [0.25, 0.3) is 0 Å². The van der Waals surface area contributed by atoms with Crippen LogP contribution in [-0.4, -0.2) is 12.2 Å². The zero-order valence-electron chi connectivity index (χ0n) is 6.79. The maximum Gasteiger partial charge on any atom is 0.212 e. The monoisotopic (exact) mass is 162 g/mol. The topological polar surface area (TPSA) is 53.0 Å². The lowest BCUT2D eigenvalue weighted by Crippen LogP contribution is -2.21. The van der Waals surface area contributed by atoms with Gasteiger partial charge in [-0.15, -0.1) is 0 Å². The predicted molar refractivity (Wildman–Crippen MR) is 47.2 cm³/mol. The van der Waals surface area contributed by atoms with Gasteiger partial charge in [-0.1, -0.05) is 23.8 Å². The quantitative estimate of drug-likeness (QED) is 0.381. The zero-order valence-corrected chi connectivity index (χ0v) is 6.79. The molecule has 0 aliphatic carbocycles. The molecule has 1 aromatic rings. The van der Waals surface area contributed by atoms with Crippen LogP contribution in [0.15, 0.2) is 24.3 Å². The molecule has 0 bridgehead atoms. The summed E-state index contributed by atoms with van der Waals surface area (Å²) in [5.74, 6) is 0.133. The van der Waals surface area contributed by atoms with Gasteiger partial charge >= 0.3 is 0 Å². The molecule has 0 heterocycles. The Morgan fingerprint density at radius 2 is 2.33 bits per heavy atom. The number of benzene rings is 1. The summed E-state index contributed by atoms with van der Waals surface area (Å²) >= 11 is 0. The van der Waals surface area contributed by atoms with E-state index in [1.54, 1.807) is 6.07 Å². The van der Waals surface area contributed by atoms with Gasteiger partial charge in [-0.2, -0.15) is 0 Å². The van der Waals surface area contributed by atoms with Crippen LogP contribution in [0.25, 0.3) is 0 Å². The lowest BCUT2D eigenvalue weighted by Gasteiger charge is -2.01. The number of amidine groups is 1. The number of carbonyl (C=O) groups is 1. The van der Waals surface area contributed by atoms with Gasteiger partial charge in [0, 0.05) is 5.56 Å². The van der Waals surface area contributed by atoms with Gasteiger partial charge in [0.05, 0.1) is 0 Å². The van der Waals surface area contributed by atoms with Crippen molar-refractivity contribution in [2.45, 2.75) is 6.92 Å². The molecule has 62 valence electrons. The molecule has 3 nitrogen and oxygen atoms in total. The Labute approximate surface area is 70.9 Å². The molecule has 1 aromatic carbocycles. The molecule has 0 aliphatic rings. The van der Waals surface area contributed by atoms with E-state index in [4.69, 9.17) is 5.41 Å². The van der Waals surface area contributed by atoms with Crippen molar-refractivity contribution in [3.05, 3.63) is 35.4 Å². The van der Waals surface area contributed by atoms with Gasteiger partial charge in [0.2, 0.25) is 6.41 Å². The number of amides is 1. The first kappa shape index (κ1) is 8.46. The Morgan fingerprint density at radius 1 is 1.58 bits per heavy atom. The first-order valence-electron chi connectivity index (χ1n) is 3.60. The number of rotatable bonds is 2. The molecule has 3 heteroatoms. The van der Waals surface area contributed by atoms with Crippen molar-refractivity contribution in [1.82, 2.24) is 5.32 Å². The fraction of sp³-hybridized carbons (Fsp3) is 0.111. The largest absolute Gasteiger partial charge is 0.313 e. The second-order valence-electron chi connectivity index (χ2n) is 2.51. The van der Waals surface area contributed by atoms with Crippen LogP contribution >= 0.6 is 0 Å². The van der Waals surface area contributed by atoms with Crippen LogP contribution in [-0.2, 0) is 4.79 Å². The van der Waals surface area contributed by atoms with Gasteiger partial charge in [-0.05, 0) is 13.0 Å². The van der Waals surface area contributed by atoms with E-state index >= 15 is 0 Å². The predicted octanol–water partition coefficient (Wildman–Crippen LogP) is 1.07. The molecule has 0 aliphatic heterocycles. The van der Waals surface area contributed by atoms with Crippen molar-refractivity contribution in [3.63, 3.8) is 0 Å². The molecule has 0 saturated heterocycles. The standard InChI is InChI=1S/C9H10N2O/c1-7-3-2-4-8(5-7)9(10)11-6-12/h2-6H,1H3,(H2,10,11,12). The maximum absolute atomic E-state index is 10.0. The van der Waals surface area contributed by atoms with Gasteiger partial charge in [-0.25, -0.2) is 0 Å². The summed E-state index contributed by atoms with van der Waals surface area (Å²) in [5.41, 5.74) is 1.80. The summed E-state index contributed by atoms with van der Waals surface area (Å²) in [6.07, 6.45) is 0.505. The molecule has 0 spiro atoms. The van der Waals surface area contributed by atoms with Crippen LogP contribution in [0.4, 0.5) is 0 Å². The van der Waals surface area contributed by atoms with Gasteiger partial charge in [0.15, 0.2) is 0 Å². The van der Waals surface area contributed by atoms with E-state index in [-0.39, 0.29) is 5.84 Å². The number of hydrogen-bond acceptors (Lipinski definition) is 2. The average molecular weight is 162 g/mol. The van der Waals surface area contributed by atoms with Crippen molar-refractivity contribution in [2.24, 2.45) is 0 Å². The summed E-state index contributed by atoms with van der Waals surface area (Å²) in [5, 5.41) is 9.68. The minimum Gasteiger partial charge on any atom is -0.313 e. The highest BCUT2D eigenvalue weighted by molar-refractivity contribution is 6.01. The molecule has 1 rings (SSSR count). The second-order valence-corrected chi connectivity index (χ2v) is 2.51. The minimum atomic E-state index is 0.133.